The van der Waals surface area contributed by atoms with Gasteiger partial charge in [-0.15, -0.1) is 0 Å². The molecule has 0 unspecified atom stereocenters. The maximum atomic E-state index is 12.0. The molecule has 0 bridgehead atoms. The van der Waals surface area contributed by atoms with Crippen molar-refractivity contribution in [3.05, 3.63) is 0 Å². The molecule has 1 aliphatic rings. The van der Waals surface area contributed by atoms with E-state index < -0.39 is 11.7 Å². The summed E-state index contributed by atoms with van der Waals surface area (Å²) in [5.41, 5.74) is -0.591. The zero-order chi connectivity index (χ0) is 16.0. The lowest BCUT2D eigenvalue weighted by atomic mass is 9.97. The summed E-state index contributed by atoms with van der Waals surface area (Å²) in [4.78, 5) is 36.4. The molecule has 1 heterocycles. The second kappa shape index (κ2) is 7.28. The highest BCUT2D eigenvalue weighted by Gasteiger charge is 2.28. The Labute approximate surface area is 124 Å². The van der Waals surface area contributed by atoms with Crippen LogP contribution in [0.2, 0.25) is 0 Å². The number of carbonyl (C=O) groups is 3. The maximum Gasteiger partial charge on any atom is 0.408 e. The fourth-order valence-corrected chi connectivity index (χ4v) is 2.11. The monoisotopic (exact) mass is 300 g/mol. The molecule has 2 amide bonds. The fraction of sp³-hybridized carbons (Fsp3) is 0.786. The largest absolute Gasteiger partial charge is 0.469 e. The van der Waals surface area contributed by atoms with E-state index in [1.165, 1.54) is 7.11 Å². The molecule has 1 N–H and O–H groups in total. The minimum Gasteiger partial charge on any atom is -0.469 e. The minimum absolute atomic E-state index is 0.0994. The molecule has 0 aromatic carbocycles. The molecular weight excluding hydrogens is 276 g/mol. The van der Waals surface area contributed by atoms with Crippen LogP contribution in [0, 0.1) is 5.92 Å². The summed E-state index contributed by atoms with van der Waals surface area (Å²) in [6.07, 6.45) is 0.565. The summed E-state index contributed by atoms with van der Waals surface area (Å²) in [6.45, 7) is 6.16. The lowest BCUT2D eigenvalue weighted by Crippen LogP contribution is -2.45. The quantitative estimate of drug-likeness (QED) is 0.784. The SMILES string of the molecule is COC(=O)C1CCN(C(=O)CNC(=O)OC(C)(C)C)CC1. The molecule has 0 spiro atoms. The van der Waals surface area contributed by atoms with E-state index in [2.05, 4.69) is 5.32 Å². The number of amides is 2. The molecule has 0 atom stereocenters. The smallest absolute Gasteiger partial charge is 0.408 e. The van der Waals surface area contributed by atoms with Gasteiger partial charge in [0.2, 0.25) is 5.91 Å². The van der Waals surface area contributed by atoms with Gasteiger partial charge in [0, 0.05) is 13.1 Å². The van der Waals surface area contributed by atoms with Crippen LogP contribution in [0.25, 0.3) is 0 Å². The number of carbonyl (C=O) groups excluding carboxylic acids is 3. The normalized spacial score (nSPS) is 16.3. The zero-order valence-electron chi connectivity index (χ0n) is 13.1. The summed E-state index contributed by atoms with van der Waals surface area (Å²) < 4.78 is 9.75. The first-order valence-corrected chi connectivity index (χ1v) is 7.05. The van der Waals surface area contributed by atoms with Gasteiger partial charge in [-0.1, -0.05) is 0 Å². The molecule has 1 fully saturated rings. The molecule has 7 heteroatoms. The van der Waals surface area contributed by atoms with Gasteiger partial charge in [0.25, 0.3) is 0 Å². The number of methoxy groups -OCH3 is 1. The lowest BCUT2D eigenvalue weighted by Gasteiger charge is -2.30. The number of nitrogens with zero attached hydrogens (tertiary/aromatic N) is 1. The summed E-state index contributed by atoms with van der Waals surface area (Å²) in [7, 11) is 1.37. The second-order valence-electron chi connectivity index (χ2n) is 6.03. The Morgan fingerprint density at radius 3 is 2.24 bits per heavy atom. The van der Waals surface area contributed by atoms with Crippen molar-refractivity contribution in [3.63, 3.8) is 0 Å². The van der Waals surface area contributed by atoms with Crippen molar-refractivity contribution in [2.45, 2.75) is 39.2 Å². The third kappa shape index (κ3) is 6.01. The Morgan fingerprint density at radius 2 is 1.76 bits per heavy atom. The van der Waals surface area contributed by atoms with Gasteiger partial charge in [0.05, 0.1) is 13.0 Å². The minimum atomic E-state index is -0.611. The van der Waals surface area contributed by atoms with E-state index in [1.54, 1.807) is 25.7 Å². The van der Waals surface area contributed by atoms with E-state index in [9.17, 15) is 14.4 Å². The standard InChI is InChI=1S/C14H24N2O5/c1-14(2,3)21-13(19)15-9-11(17)16-7-5-10(6-8-16)12(18)20-4/h10H,5-9H2,1-4H3,(H,15,19). The van der Waals surface area contributed by atoms with E-state index in [0.717, 1.165) is 0 Å². The van der Waals surface area contributed by atoms with Crippen molar-refractivity contribution in [2.24, 2.45) is 5.92 Å². The van der Waals surface area contributed by atoms with Crippen molar-refractivity contribution in [1.82, 2.24) is 10.2 Å². The number of nitrogens with one attached hydrogen (secondary N) is 1. The van der Waals surface area contributed by atoms with Gasteiger partial charge in [-0.25, -0.2) is 4.79 Å². The number of ether oxygens (including phenoxy) is 2. The third-order valence-corrected chi connectivity index (χ3v) is 3.17. The van der Waals surface area contributed by atoms with Crippen LogP contribution in [0.15, 0.2) is 0 Å². The van der Waals surface area contributed by atoms with Crippen LogP contribution in [0.5, 0.6) is 0 Å². The van der Waals surface area contributed by atoms with Crippen LogP contribution in [0.1, 0.15) is 33.6 Å². The summed E-state index contributed by atoms with van der Waals surface area (Å²) in [6, 6.07) is 0. The molecule has 120 valence electrons. The number of hydrogen-bond acceptors (Lipinski definition) is 5. The van der Waals surface area contributed by atoms with E-state index in [1.807, 2.05) is 0 Å². The van der Waals surface area contributed by atoms with Crippen LogP contribution in [0.3, 0.4) is 0 Å². The van der Waals surface area contributed by atoms with Gasteiger partial charge >= 0.3 is 12.1 Å². The lowest BCUT2D eigenvalue weighted by molar-refractivity contribution is -0.148. The number of piperidine rings is 1. The Balaban J connectivity index is 2.31. The maximum absolute atomic E-state index is 12.0. The molecule has 0 radical (unpaired) electrons. The van der Waals surface area contributed by atoms with Crippen LogP contribution in [-0.2, 0) is 19.1 Å². The van der Waals surface area contributed by atoms with Crippen molar-refractivity contribution in [2.75, 3.05) is 26.7 Å². The van der Waals surface area contributed by atoms with Gasteiger partial charge in [0.1, 0.15) is 12.1 Å². The number of hydrogen-bond donors (Lipinski definition) is 1. The summed E-state index contributed by atoms with van der Waals surface area (Å²) >= 11 is 0. The summed E-state index contributed by atoms with van der Waals surface area (Å²) in [5.74, 6) is -0.545. The molecular formula is C14H24N2O5. The Morgan fingerprint density at radius 1 is 1.19 bits per heavy atom. The van der Waals surface area contributed by atoms with Gasteiger partial charge in [-0.3, -0.25) is 9.59 Å². The van der Waals surface area contributed by atoms with Crippen molar-refractivity contribution in [1.29, 1.82) is 0 Å². The van der Waals surface area contributed by atoms with Crippen molar-refractivity contribution in [3.8, 4) is 0 Å². The van der Waals surface area contributed by atoms with E-state index in [0.29, 0.717) is 25.9 Å². The number of likely N-dealkylation sites (tertiary alicyclic amines) is 1. The van der Waals surface area contributed by atoms with Crippen LogP contribution in [0.4, 0.5) is 4.79 Å². The van der Waals surface area contributed by atoms with Gasteiger partial charge in [-0.2, -0.15) is 0 Å². The molecule has 1 aliphatic heterocycles. The number of esters is 1. The second-order valence-corrected chi connectivity index (χ2v) is 6.03. The predicted octanol–water partition coefficient (Wildman–Crippen LogP) is 0.923. The van der Waals surface area contributed by atoms with E-state index in [-0.39, 0.29) is 24.3 Å². The molecule has 0 saturated carbocycles. The first-order valence-electron chi connectivity index (χ1n) is 7.05. The zero-order valence-corrected chi connectivity index (χ0v) is 13.1. The molecule has 1 saturated heterocycles. The van der Waals surface area contributed by atoms with E-state index >= 15 is 0 Å². The topological polar surface area (TPSA) is 84.9 Å². The average molecular weight is 300 g/mol. The van der Waals surface area contributed by atoms with E-state index in [4.69, 9.17) is 9.47 Å². The van der Waals surface area contributed by atoms with Gasteiger partial charge in [0.15, 0.2) is 0 Å². The van der Waals surface area contributed by atoms with Crippen LogP contribution in [-0.4, -0.2) is 55.2 Å². The summed E-state index contributed by atoms with van der Waals surface area (Å²) in [5, 5.41) is 2.44. The molecule has 7 nitrogen and oxygen atoms in total. The number of alkyl carbamates (subject to hydrolysis) is 1. The first-order chi connectivity index (χ1) is 9.73. The van der Waals surface area contributed by atoms with Crippen LogP contribution < -0.4 is 5.32 Å². The highest BCUT2D eigenvalue weighted by molar-refractivity contribution is 5.82. The Hall–Kier alpha value is -1.79. The molecule has 1 rings (SSSR count). The molecule has 0 aromatic rings. The first kappa shape index (κ1) is 17.3. The highest BCUT2D eigenvalue weighted by atomic mass is 16.6. The Kier molecular flexibility index (Phi) is 5.99. The fourth-order valence-electron chi connectivity index (χ4n) is 2.11. The Bertz CT molecular complexity index is 395. The number of rotatable bonds is 3. The van der Waals surface area contributed by atoms with Crippen LogP contribution >= 0.6 is 0 Å². The molecule has 0 aromatic heterocycles. The third-order valence-electron chi connectivity index (χ3n) is 3.17. The predicted molar refractivity (Wildman–Crippen MR) is 75.6 cm³/mol. The average Bonchev–Trinajstić information content (AvgIpc) is 2.42. The molecule has 21 heavy (non-hydrogen) atoms. The van der Waals surface area contributed by atoms with Crippen molar-refractivity contribution < 1.29 is 23.9 Å². The van der Waals surface area contributed by atoms with Crippen molar-refractivity contribution >= 4 is 18.0 Å². The molecule has 0 aliphatic carbocycles. The highest BCUT2D eigenvalue weighted by Crippen LogP contribution is 2.18. The van der Waals surface area contributed by atoms with Gasteiger partial charge in [-0.05, 0) is 33.6 Å². The van der Waals surface area contributed by atoms with Gasteiger partial charge < -0.3 is 19.7 Å².